The SMILES string of the molecule is CC(C)CCNC(=O)CNC1CCCC1CO. The average molecular weight is 242 g/mol. The molecular formula is C13H26N2O2. The molecule has 1 saturated carbocycles. The van der Waals surface area contributed by atoms with Gasteiger partial charge >= 0.3 is 0 Å². The smallest absolute Gasteiger partial charge is 0.233 e. The summed E-state index contributed by atoms with van der Waals surface area (Å²) in [7, 11) is 0. The lowest BCUT2D eigenvalue weighted by Crippen LogP contribution is -2.41. The highest BCUT2D eigenvalue weighted by molar-refractivity contribution is 5.77. The zero-order valence-electron chi connectivity index (χ0n) is 11.0. The van der Waals surface area contributed by atoms with Gasteiger partial charge in [0, 0.05) is 19.2 Å². The van der Waals surface area contributed by atoms with Gasteiger partial charge in [-0.25, -0.2) is 0 Å². The molecule has 0 saturated heterocycles. The number of carbonyl (C=O) groups is 1. The van der Waals surface area contributed by atoms with Crippen molar-refractivity contribution < 1.29 is 9.90 Å². The van der Waals surface area contributed by atoms with Crippen LogP contribution in [0.15, 0.2) is 0 Å². The Balaban J connectivity index is 2.10. The van der Waals surface area contributed by atoms with Crippen LogP contribution in [0.2, 0.25) is 0 Å². The number of nitrogens with one attached hydrogen (secondary N) is 2. The van der Waals surface area contributed by atoms with E-state index in [9.17, 15) is 4.79 Å². The monoisotopic (exact) mass is 242 g/mol. The first-order valence-corrected chi connectivity index (χ1v) is 6.74. The molecule has 0 aromatic heterocycles. The second-order valence-electron chi connectivity index (χ2n) is 5.39. The lowest BCUT2D eigenvalue weighted by atomic mass is 10.1. The number of aliphatic hydroxyl groups excluding tert-OH is 1. The van der Waals surface area contributed by atoms with Crippen molar-refractivity contribution in [1.29, 1.82) is 0 Å². The Hall–Kier alpha value is -0.610. The molecule has 3 N–H and O–H groups in total. The fraction of sp³-hybridized carbons (Fsp3) is 0.923. The summed E-state index contributed by atoms with van der Waals surface area (Å²) in [4.78, 5) is 11.5. The summed E-state index contributed by atoms with van der Waals surface area (Å²) in [6, 6.07) is 0.316. The van der Waals surface area contributed by atoms with Gasteiger partial charge in [0.25, 0.3) is 0 Å². The van der Waals surface area contributed by atoms with Crippen LogP contribution < -0.4 is 10.6 Å². The first kappa shape index (κ1) is 14.5. The number of hydrogen-bond donors (Lipinski definition) is 3. The van der Waals surface area contributed by atoms with Crippen molar-refractivity contribution in [3.05, 3.63) is 0 Å². The molecule has 0 radical (unpaired) electrons. The molecule has 4 heteroatoms. The normalized spacial score (nSPS) is 24.2. The Morgan fingerprint density at radius 2 is 2.18 bits per heavy atom. The van der Waals surface area contributed by atoms with E-state index in [-0.39, 0.29) is 12.5 Å². The Morgan fingerprint density at radius 3 is 2.82 bits per heavy atom. The molecule has 4 nitrogen and oxygen atoms in total. The molecule has 1 rings (SSSR count). The summed E-state index contributed by atoms with van der Waals surface area (Å²) < 4.78 is 0. The van der Waals surface area contributed by atoms with Crippen LogP contribution in [0.1, 0.15) is 39.5 Å². The van der Waals surface area contributed by atoms with Gasteiger partial charge in [-0.05, 0) is 31.1 Å². The van der Waals surface area contributed by atoms with Gasteiger partial charge in [-0.15, -0.1) is 0 Å². The molecule has 0 heterocycles. The maximum Gasteiger partial charge on any atom is 0.233 e. The third-order valence-corrected chi connectivity index (χ3v) is 3.46. The summed E-state index contributed by atoms with van der Waals surface area (Å²) in [5, 5.41) is 15.3. The van der Waals surface area contributed by atoms with Crippen LogP contribution >= 0.6 is 0 Å². The number of aliphatic hydroxyl groups is 1. The van der Waals surface area contributed by atoms with Crippen molar-refractivity contribution in [3.8, 4) is 0 Å². The minimum Gasteiger partial charge on any atom is -0.396 e. The van der Waals surface area contributed by atoms with E-state index in [2.05, 4.69) is 24.5 Å². The molecule has 100 valence electrons. The molecule has 0 aliphatic heterocycles. The Morgan fingerprint density at radius 1 is 1.41 bits per heavy atom. The molecule has 0 aromatic rings. The second kappa shape index (κ2) is 7.67. The predicted octanol–water partition coefficient (Wildman–Crippen LogP) is 0.899. The first-order valence-electron chi connectivity index (χ1n) is 6.74. The van der Waals surface area contributed by atoms with Crippen molar-refractivity contribution in [3.63, 3.8) is 0 Å². The summed E-state index contributed by atoms with van der Waals surface area (Å²) in [6.45, 7) is 5.65. The molecule has 2 unspecified atom stereocenters. The van der Waals surface area contributed by atoms with Crippen molar-refractivity contribution >= 4 is 5.91 Å². The van der Waals surface area contributed by atoms with Crippen molar-refractivity contribution in [2.75, 3.05) is 19.7 Å². The van der Waals surface area contributed by atoms with Gasteiger partial charge < -0.3 is 15.7 Å². The van der Waals surface area contributed by atoms with Crippen LogP contribution in [0, 0.1) is 11.8 Å². The highest BCUT2D eigenvalue weighted by atomic mass is 16.3. The highest BCUT2D eigenvalue weighted by Crippen LogP contribution is 2.24. The second-order valence-corrected chi connectivity index (χ2v) is 5.39. The van der Waals surface area contributed by atoms with Gasteiger partial charge in [-0.1, -0.05) is 20.3 Å². The standard InChI is InChI=1S/C13H26N2O2/c1-10(2)6-7-14-13(17)8-15-12-5-3-4-11(12)9-16/h10-12,15-16H,3-9H2,1-2H3,(H,14,17). The largest absolute Gasteiger partial charge is 0.396 e. The van der Waals surface area contributed by atoms with Crippen LogP contribution in [0.3, 0.4) is 0 Å². The van der Waals surface area contributed by atoms with E-state index >= 15 is 0 Å². The molecule has 1 amide bonds. The van der Waals surface area contributed by atoms with E-state index in [4.69, 9.17) is 5.11 Å². The first-order chi connectivity index (χ1) is 8.13. The number of hydrogen-bond acceptors (Lipinski definition) is 3. The maximum absolute atomic E-state index is 11.5. The molecule has 0 spiro atoms. The fourth-order valence-corrected chi connectivity index (χ4v) is 2.31. The van der Waals surface area contributed by atoms with Gasteiger partial charge in [0.2, 0.25) is 5.91 Å². The third kappa shape index (κ3) is 5.50. The molecule has 1 aliphatic carbocycles. The predicted molar refractivity (Wildman–Crippen MR) is 68.7 cm³/mol. The van der Waals surface area contributed by atoms with Gasteiger partial charge in [0.1, 0.15) is 0 Å². The molecule has 17 heavy (non-hydrogen) atoms. The molecule has 0 aromatic carbocycles. The lowest BCUT2D eigenvalue weighted by molar-refractivity contribution is -0.120. The van der Waals surface area contributed by atoms with Gasteiger partial charge in [-0.2, -0.15) is 0 Å². The van der Waals surface area contributed by atoms with E-state index in [1.807, 2.05) is 0 Å². The summed E-state index contributed by atoms with van der Waals surface area (Å²) in [5.41, 5.74) is 0. The highest BCUT2D eigenvalue weighted by Gasteiger charge is 2.26. The van der Waals surface area contributed by atoms with E-state index in [1.54, 1.807) is 0 Å². The summed E-state index contributed by atoms with van der Waals surface area (Å²) in [6.07, 6.45) is 4.32. The molecule has 0 bridgehead atoms. The van der Waals surface area contributed by atoms with E-state index < -0.39 is 0 Å². The Labute approximate surface area is 104 Å². The van der Waals surface area contributed by atoms with E-state index in [1.165, 1.54) is 0 Å². The third-order valence-electron chi connectivity index (χ3n) is 3.46. The van der Waals surface area contributed by atoms with E-state index in [0.29, 0.717) is 24.4 Å². The summed E-state index contributed by atoms with van der Waals surface area (Å²) >= 11 is 0. The van der Waals surface area contributed by atoms with Crippen LogP contribution in [0.4, 0.5) is 0 Å². The zero-order chi connectivity index (χ0) is 12.7. The van der Waals surface area contributed by atoms with Crippen LogP contribution in [0.25, 0.3) is 0 Å². The average Bonchev–Trinajstić information content (AvgIpc) is 2.73. The van der Waals surface area contributed by atoms with E-state index in [0.717, 1.165) is 32.2 Å². The van der Waals surface area contributed by atoms with Crippen molar-refractivity contribution in [1.82, 2.24) is 10.6 Å². The van der Waals surface area contributed by atoms with Crippen molar-refractivity contribution in [2.24, 2.45) is 11.8 Å². The molecular weight excluding hydrogens is 216 g/mol. The van der Waals surface area contributed by atoms with Crippen LogP contribution in [0.5, 0.6) is 0 Å². The molecule has 1 fully saturated rings. The van der Waals surface area contributed by atoms with Crippen molar-refractivity contribution in [2.45, 2.75) is 45.6 Å². The number of amides is 1. The topological polar surface area (TPSA) is 61.4 Å². The fourth-order valence-electron chi connectivity index (χ4n) is 2.31. The summed E-state index contributed by atoms with van der Waals surface area (Å²) in [5.74, 6) is 1.02. The Bertz CT molecular complexity index is 231. The van der Waals surface area contributed by atoms with Crippen LogP contribution in [-0.4, -0.2) is 36.8 Å². The Kier molecular flexibility index (Phi) is 6.52. The van der Waals surface area contributed by atoms with Gasteiger partial charge in [0.15, 0.2) is 0 Å². The number of rotatable bonds is 7. The minimum atomic E-state index is 0.0641. The number of carbonyl (C=O) groups excluding carboxylic acids is 1. The maximum atomic E-state index is 11.5. The zero-order valence-corrected chi connectivity index (χ0v) is 11.0. The molecule has 2 atom stereocenters. The minimum absolute atomic E-state index is 0.0641. The van der Waals surface area contributed by atoms with Gasteiger partial charge in [0.05, 0.1) is 6.54 Å². The van der Waals surface area contributed by atoms with Crippen LogP contribution in [-0.2, 0) is 4.79 Å². The molecule has 1 aliphatic rings. The quantitative estimate of drug-likeness (QED) is 0.621. The van der Waals surface area contributed by atoms with Gasteiger partial charge in [-0.3, -0.25) is 4.79 Å². The lowest BCUT2D eigenvalue weighted by Gasteiger charge is -2.18.